The van der Waals surface area contributed by atoms with E-state index in [4.69, 9.17) is 4.42 Å². The summed E-state index contributed by atoms with van der Waals surface area (Å²) in [5.41, 5.74) is 0.930. The number of likely N-dealkylation sites (tertiary alicyclic amines) is 1. The molecule has 1 atom stereocenters. The van der Waals surface area contributed by atoms with Crippen molar-refractivity contribution in [1.29, 1.82) is 0 Å². The van der Waals surface area contributed by atoms with Crippen LogP contribution in [0.3, 0.4) is 0 Å². The number of amides is 1. The van der Waals surface area contributed by atoms with Crippen molar-refractivity contribution < 1.29 is 9.21 Å². The van der Waals surface area contributed by atoms with Crippen molar-refractivity contribution in [2.45, 2.75) is 25.4 Å². The molecule has 0 spiro atoms. The summed E-state index contributed by atoms with van der Waals surface area (Å²) >= 11 is 0. The molecule has 1 amide bonds. The smallest absolute Gasteiger partial charge is 0.227 e. The lowest BCUT2D eigenvalue weighted by Crippen LogP contribution is -2.37. The van der Waals surface area contributed by atoms with Crippen LogP contribution >= 0.6 is 0 Å². The van der Waals surface area contributed by atoms with Gasteiger partial charge in [-0.3, -0.25) is 9.69 Å². The van der Waals surface area contributed by atoms with Crippen LogP contribution in [0.15, 0.2) is 41.5 Å². The van der Waals surface area contributed by atoms with Crippen LogP contribution in [0.4, 0.5) is 0 Å². The Morgan fingerprint density at radius 3 is 3.00 bits per heavy atom. The van der Waals surface area contributed by atoms with Gasteiger partial charge in [0, 0.05) is 31.5 Å². The first-order valence-corrected chi connectivity index (χ1v) is 7.47. The number of furan rings is 1. The van der Waals surface area contributed by atoms with Crippen LogP contribution in [0.2, 0.25) is 0 Å². The molecule has 6 nitrogen and oxygen atoms in total. The highest BCUT2D eigenvalue weighted by Crippen LogP contribution is 2.17. The van der Waals surface area contributed by atoms with Crippen molar-refractivity contribution >= 4 is 5.91 Å². The van der Waals surface area contributed by atoms with Gasteiger partial charge in [-0.2, -0.15) is 0 Å². The minimum Gasteiger partial charge on any atom is -0.472 e. The molecule has 0 saturated carbocycles. The van der Waals surface area contributed by atoms with Crippen molar-refractivity contribution in [3.8, 4) is 0 Å². The number of hydrogen-bond acceptors (Lipinski definition) is 5. The third-order valence-electron chi connectivity index (χ3n) is 4.08. The standard InChI is InChI=1S/C16H20N4O2/c1-19(11-15-17-5-2-6-18-15)14-3-7-20(10-14)16(21)9-13-4-8-22-12-13/h2,4-6,8,12,14H,3,7,9-11H2,1H3/t14-/m0/s1. The first-order chi connectivity index (χ1) is 10.7. The third kappa shape index (κ3) is 3.51. The second kappa shape index (κ2) is 6.70. The van der Waals surface area contributed by atoms with Gasteiger partial charge < -0.3 is 9.32 Å². The number of nitrogens with zero attached hydrogens (tertiary/aromatic N) is 4. The Hall–Kier alpha value is -2.21. The van der Waals surface area contributed by atoms with Crippen LogP contribution in [-0.4, -0.2) is 51.9 Å². The maximum atomic E-state index is 12.3. The van der Waals surface area contributed by atoms with Gasteiger partial charge in [-0.25, -0.2) is 9.97 Å². The molecule has 0 aromatic carbocycles. The molecular weight excluding hydrogens is 280 g/mol. The highest BCUT2D eigenvalue weighted by Gasteiger charge is 2.29. The quantitative estimate of drug-likeness (QED) is 0.834. The number of likely N-dealkylation sites (N-methyl/N-ethyl adjacent to an activating group) is 1. The molecule has 1 saturated heterocycles. The van der Waals surface area contributed by atoms with E-state index in [2.05, 4.69) is 21.9 Å². The zero-order chi connectivity index (χ0) is 15.4. The van der Waals surface area contributed by atoms with Crippen LogP contribution in [0.25, 0.3) is 0 Å². The van der Waals surface area contributed by atoms with E-state index in [-0.39, 0.29) is 5.91 Å². The zero-order valence-electron chi connectivity index (χ0n) is 12.7. The number of aromatic nitrogens is 2. The summed E-state index contributed by atoms with van der Waals surface area (Å²) in [4.78, 5) is 24.9. The first kappa shape index (κ1) is 14.7. The average Bonchev–Trinajstić information content (AvgIpc) is 3.19. The minimum absolute atomic E-state index is 0.160. The van der Waals surface area contributed by atoms with E-state index in [0.29, 0.717) is 19.0 Å². The monoisotopic (exact) mass is 300 g/mol. The summed E-state index contributed by atoms with van der Waals surface area (Å²) in [5.74, 6) is 0.974. The van der Waals surface area contributed by atoms with Gasteiger partial charge >= 0.3 is 0 Å². The fourth-order valence-electron chi connectivity index (χ4n) is 2.77. The van der Waals surface area contributed by atoms with E-state index in [9.17, 15) is 4.79 Å². The maximum Gasteiger partial charge on any atom is 0.227 e. The average molecular weight is 300 g/mol. The molecule has 2 aromatic rings. The molecule has 3 rings (SSSR count). The van der Waals surface area contributed by atoms with Crippen molar-refractivity contribution in [2.24, 2.45) is 0 Å². The molecule has 6 heteroatoms. The molecule has 0 N–H and O–H groups in total. The van der Waals surface area contributed by atoms with Crippen molar-refractivity contribution in [3.05, 3.63) is 48.4 Å². The van der Waals surface area contributed by atoms with Crippen molar-refractivity contribution in [2.75, 3.05) is 20.1 Å². The molecule has 1 fully saturated rings. The Bertz CT molecular complexity index is 600. The zero-order valence-corrected chi connectivity index (χ0v) is 12.7. The van der Waals surface area contributed by atoms with Gasteiger partial charge in [-0.15, -0.1) is 0 Å². The molecule has 0 aliphatic carbocycles. The van der Waals surface area contributed by atoms with Gasteiger partial charge in [0.05, 0.1) is 25.5 Å². The molecule has 3 heterocycles. The summed E-state index contributed by atoms with van der Waals surface area (Å²) < 4.78 is 5.01. The molecule has 2 aromatic heterocycles. The second-order valence-electron chi connectivity index (χ2n) is 5.67. The van der Waals surface area contributed by atoms with E-state index >= 15 is 0 Å². The SMILES string of the molecule is CN(Cc1ncccn1)[C@H]1CCN(C(=O)Cc2ccoc2)C1. The molecule has 1 aliphatic heterocycles. The van der Waals surface area contributed by atoms with Crippen LogP contribution in [0, 0.1) is 0 Å². The van der Waals surface area contributed by atoms with E-state index in [0.717, 1.165) is 30.9 Å². The van der Waals surface area contributed by atoms with E-state index in [1.165, 1.54) is 0 Å². The van der Waals surface area contributed by atoms with Gasteiger partial charge in [0.15, 0.2) is 0 Å². The normalized spacial score (nSPS) is 18.1. The Balaban J connectivity index is 1.52. The minimum atomic E-state index is 0.160. The lowest BCUT2D eigenvalue weighted by Gasteiger charge is -2.23. The van der Waals surface area contributed by atoms with Crippen LogP contribution in [0.5, 0.6) is 0 Å². The highest BCUT2D eigenvalue weighted by atomic mass is 16.3. The number of hydrogen-bond donors (Lipinski definition) is 0. The fraction of sp³-hybridized carbons (Fsp3) is 0.438. The van der Waals surface area contributed by atoms with E-state index < -0.39 is 0 Å². The predicted molar refractivity (Wildman–Crippen MR) is 80.9 cm³/mol. The fourth-order valence-corrected chi connectivity index (χ4v) is 2.77. The molecular formula is C16H20N4O2. The Morgan fingerprint density at radius 1 is 1.45 bits per heavy atom. The van der Waals surface area contributed by atoms with Gasteiger partial charge in [0.25, 0.3) is 0 Å². The predicted octanol–water partition coefficient (Wildman–Crippen LogP) is 1.34. The molecule has 22 heavy (non-hydrogen) atoms. The maximum absolute atomic E-state index is 12.3. The van der Waals surface area contributed by atoms with Crippen molar-refractivity contribution in [3.63, 3.8) is 0 Å². The van der Waals surface area contributed by atoms with Crippen LogP contribution < -0.4 is 0 Å². The van der Waals surface area contributed by atoms with Gasteiger partial charge in [0.1, 0.15) is 5.82 Å². The number of rotatable bonds is 5. The molecule has 0 bridgehead atoms. The topological polar surface area (TPSA) is 62.5 Å². The van der Waals surface area contributed by atoms with E-state index in [1.54, 1.807) is 24.9 Å². The summed E-state index contributed by atoms with van der Waals surface area (Å²) in [5, 5.41) is 0. The van der Waals surface area contributed by atoms with Crippen LogP contribution in [0.1, 0.15) is 17.8 Å². The Morgan fingerprint density at radius 2 is 2.27 bits per heavy atom. The molecule has 1 aliphatic rings. The summed E-state index contributed by atoms with van der Waals surface area (Å²) in [7, 11) is 2.06. The Kier molecular flexibility index (Phi) is 4.48. The van der Waals surface area contributed by atoms with Gasteiger partial charge in [-0.1, -0.05) is 0 Å². The second-order valence-corrected chi connectivity index (χ2v) is 5.67. The highest BCUT2D eigenvalue weighted by molar-refractivity contribution is 5.79. The molecule has 116 valence electrons. The first-order valence-electron chi connectivity index (χ1n) is 7.47. The summed E-state index contributed by atoms with van der Waals surface area (Å²) in [6, 6.07) is 4.01. The molecule has 0 unspecified atom stereocenters. The summed E-state index contributed by atoms with van der Waals surface area (Å²) in [6.07, 6.45) is 8.14. The van der Waals surface area contributed by atoms with Gasteiger partial charge in [-0.05, 0) is 31.2 Å². The number of carbonyl (C=O) groups is 1. The van der Waals surface area contributed by atoms with Gasteiger partial charge in [0.2, 0.25) is 5.91 Å². The lowest BCUT2D eigenvalue weighted by atomic mass is 10.2. The Labute approximate surface area is 129 Å². The van der Waals surface area contributed by atoms with Crippen molar-refractivity contribution in [1.82, 2.24) is 19.8 Å². The third-order valence-corrected chi connectivity index (χ3v) is 4.08. The number of carbonyl (C=O) groups excluding carboxylic acids is 1. The van der Waals surface area contributed by atoms with Crippen LogP contribution in [-0.2, 0) is 17.8 Å². The van der Waals surface area contributed by atoms with E-state index in [1.807, 2.05) is 17.0 Å². The lowest BCUT2D eigenvalue weighted by molar-refractivity contribution is -0.129. The summed E-state index contributed by atoms with van der Waals surface area (Å²) in [6.45, 7) is 2.27. The largest absolute Gasteiger partial charge is 0.472 e. The molecule has 0 radical (unpaired) electrons.